The minimum absolute atomic E-state index is 0.0185. The molecule has 2 aromatic heterocycles. The van der Waals surface area contributed by atoms with E-state index >= 15 is 0 Å². The van der Waals surface area contributed by atoms with Crippen molar-refractivity contribution in [2.24, 2.45) is 0 Å². The van der Waals surface area contributed by atoms with Crippen molar-refractivity contribution in [2.45, 2.75) is 63.1 Å². The van der Waals surface area contributed by atoms with Crippen molar-refractivity contribution in [3.63, 3.8) is 0 Å². The van der Waals surface area contributed by atoms with E-state index < -0.39 is 5.92 Å². The van der Waals surface area contributed by atoms with E-state index in [4.69, 9.17) is 4.98 Å². The number of hydrogen-bond donors (Lipinski definition) is 2. The lowest BCUT2D eigenvalue weighted by atomic mass is 9.92. The maximum atomic E-state index is 13.5. The summed E-state index contributed by atoms with van der Waals surface area (Å²) >= 11 is 1.53. The van der Waals surface area contributed by atoms with E-state index in [0.717, 1.165) is 36.0 Å². The Kier molecular flexibility index (Phi) is 4.46. The zero-order chi connectivity index (χ0) is 19.3. The van der Waals surface area contributed by atoms with E-state index in [9.17, 15) is 8.78 Å². The molecular formula is C19H24F2N6S. The molecule has 0 unspecified atom stereocenters. The molecule has 2 bridgehead atoms. The van der Waals surface area contributed by atoms with Gasteiger partial charge in [0.15, 0.2) is 10.8 Å². The van der Waals surface area contributed by atoms with Crippen LogP contribution < -0.4 is 15.5 Å². The second-order valence-corrected chi connectivity index (χ2v) is 9.01. The van der Waals surface area contributed by atoms with E-state index in [1.807, 2.05) is 18.4 Å². The fourth-order valence-electron chi connectivity index (χ4n) is 4.44. The molecule has 0 amide bonds. The second-order valence-electron chi connectivity index (χ2n) is 8.15. The molecule has 5 rings (SSSR count). The van der Waals surface area contributed by atoms with Crippen LogP contribution in [0.25, 0.3) is 10.8 Å². The van der Waals surface area contributed by atoms with Crippen LogP contribution in [-0.4, -0.2) is 52.1 Å². The number of halogens is 2. The van der Waals surface area contributed by atoms with Gasteiger partial charge in [-0.2, -0.15) is 0 Å². The standard InChI is InChI=1S/C19H24F2N6S/c1-11-10-28-18(23-11)17-25-15(24-12-2-4-19(20,21)5-3-12)7-16(26-17)27-9-13-6-14(27)8-22-13/h7,10,12-14,22H,2-6,8-9H2,1H3,(H,24,25,26)/t13-,14-/m0/s1. The predicted octanol–water partition coefficient (Wildman–Crippen LogP) is 3.45. The molecule has 0 aromatic carbocycles. The number of aryl methyl sites for hydroxylation is 1. The predicted molar refractivity (Wildman–Crippen MR) is 106 cm³/mol. The van der Waals surface area contributed by atoms with Gasteiger partial charge >= 0.3 is 0 Å². The quantitative estimate of drug-likeness (QED) is 0.811. The summed E-state index contributed by atoms with van der Waals surface area (Å²) in [6.45, 7) is 3.87. The summed E-state index contributed by atoms with van der Waals surface area (Å²) in [5, 5.41) is 9.69. The van der Waals surface area contributed by atoms with Crippen LogP contribution >= 0.6 is 11.3 Å². The average molecular weight is 407 g/mol. The zero-order valence-corrected chi connectivity index (χ0v) is 16.6. The molecule has 9 heteroatoms. The average Bonchev–Trinajstić information content (AvgIpc) is 3.40. The number of nitrogens with one attached hydrogen (secondary N) is 2. The van der Waals surface area contributed by atoms with Crippen molar-refractivity contribution in [1.82, 2.24) is 20.3 Å². The minimum Gasteiger partial charge on any atom is -0.367 e. The Labute approximate surface area is 166 Å². The summed E-state index contributed by atoms with van der Waals surface area (Å²) < 4.78 is 27.0. The number of fused-ring (bicyclic) bond motifs is 2. The van der Waals surface area contributed by atoms with E-state index in [1.165, 1.54) is 11.3 Å². The van der Waals surface area contributed by atoms with E-state index in [0.29, 0.717) is 36.6 Å². The van der Waals surface area contributed by atoms with Crippen molar-refractivity contribution in [3.8, 4) is 10.8 Å². The Balaban J connectivity index is 1.43. The maximum absolute atomic E-state index is 13.5. The smallest absolute Gasteiger partial charge is 0.248 e. The Morgan fingerprint density at radius 1 is 1.25 bits per heavy atom. The Morgan fingerprint density at radius 3 is 2.71 bits per heavy atom. The highest BCUT2D eigenvalue weighted by Gasteiger charge is 2.39. The highest BCUT2D eigenvalue weighted by molar-refractivity contribution is 7.13. The molecular weight excluding hydrogens is 382 g/mol. The highest BCUT2D eigenvalue weighted by atomic mass is 32.1. The fraction of sp³-hybridized carbons (Fsp3) is 0.632. The number of rotatable bonds is 4. The van der Waals surface area contributed by atoms with Gasteiger partial charge in [0, 0.05) is 61.2 Å². The molecule has 3 aliphatic rings. The lowest BCUT2D eigenvalue weighted by Crippen LogP contribution is -2.44. The van der Waals surface area contributed by atoms with Crippen molar-refractivity contribution in [2.75, 3.05) is 23.3 Å². The molecule has 1 saturated carbocycles. The van der Waals surface area contributed by atoms with Gasteiger partial charge in [-0.1, -0.05) is 0 Å². The summed E-state index contributed by atoms with van der Waals surface area (Å²) in [5.41, 5.74) is 0.947. The number of alkyl halides is 2. The first kappa shape index (κ1) is 18.2. The molecule has 2 atom stereocenters. The number of aromatic nitrogens is 3. The highest BCUT2D eigenvalue weighted by Crippen LogP contribution is 2.35. The topological polar surface area (TPSA) is 66.0 Å². The molecule has 1 aliphatic carbocycles. The number of thiazole rings is 1. The van der Waals surface area contributed by atoms with Gasteiger partial charge < -0.3 is 15.5 Å². The molecule has 0 radical (unpaired) electrons. The summed E-state index contributed by atoms with van der Waals surface area (Å²) in [7, 11) is 0. The SMILES string of the molecule is Cc1csc(-c2nc(NC3CCC(F)(F)CC3)cc(N3C[C@@H]4C[C@H]3CN4)n2)n1. The molecule has 2 N–H and O–H groups in total. The van der Waals surface area contributed by atoms with Crippen LogP contribution in [0.15, 0.2) is 11.4 Å². The van der Waals surface area contributed by atoms with Crippen LogP contribution in [0.4, 0.5) is 20.4 Å². The summed E-state index contributed by atoms with van der Waals surface area (Å²) in [4.78, 5) is 16.4. The fourth-order valence-corrected chi connectivity index (χ4v) is 5.17. The molecule has 6 nitrogen and oxygen atoms in total. The molecule has 150 valence electrons. The van der Waals surface area contributed by atoms with Crippen LogP contribution in [0.3, 0.4) is 0 Å². The number of nitrogens with zero attached hydrogens (tertiary/aromatic N) is 4. The summed E-state index contributed by atoms with van der Waals surface area (Å²) in [6.07, 6.45) is 1.91. The van der Waals surface area contributed by atoms with Gasteiger partial charge in [0.25, 0.3) is 0 Å². The molecule has 0 spiro atoms. The Hall–Kier alpha value is -1.87. The molecule has 2 aromatic rings. The third-order valence-corrected chi connectivity index (χ3v) is 6.90. The van der Waals surface area contributed by atoms with Gasteiger partial charge in [-0.15, -0.1) is 11.3 Å². The van der Waals surface area contributed by atoms with E-state index in [2.05, 4.69) is 25.5 Å². The molecule has 28 heavy (non-hydrogen) atoms. The van der Waals surface area contributed by atoms with Crippen molar-refractivity contribution in [1.29, 1.82) is 0 Å². The largest absolute Gasteiger partial charge is 0.367 e. The third-order valence-electron chi connectivity index (χ3n) is 5.94. The minimum atomic E-state index is -2.53. The first-order valence-corrected chi connectivity index (χ1v) is 10.8. The van der Waals surface area contributed by atoms with Crippen LogP contribution in [0, 0.1) is 6.92 Å². The zero-order valence-electron chi connectivity index (χ0n) is 15.8. The van der Waals surface area contributed by atoms with Crippen LogP contribution in [0.1, 0.15) is 37.8 Å². The van der Waals surface area contributed by atoms with Crippen LogP contribution in [0.2, 0.25) is 0 Å². The van der Waals surface area contributed by atoms with Gasteiger partial charge in [0.2, 0.25) is 5.92 Å². The van der Waals surface area contributed by atoms with Gasteiger partial charge in [0.05, 0.1) is 0 Å². The Bertz CT molecular complexity index is 862. The van der Waals surface area contributed by atoms with Gasteiger partial charge in [-0.05, 0) is 26.2 Å². The molecule has 2 aliphatic heterocycles. The molecule has 3 fully saturated rings. The van der Waals surface area contributed by atoms with Gasteiger partial charge in [-0.3, -0.25) is 0 Å². The normalized spacial score (nSPS) is 26.8. The number of piperazine rings is 1. The lowest BCUT2D eigenvalue weighted by Gasteiger charge is -2.31. The Morgan fingerprint density at radius 2 is 2.07 bits per heavy atom. The first-order valence-electron chi connectivity index (χ1n) is 9.91. The van der Waals surface area contributed by atoms with Crippen LogP contribution in [-0.2, 0) is 0 Å². The summed E-state index contributed by atoms with van der Waals surface area (Å²) in [6, 6.07) is 2.96. The van der Waals surface area contributed by atoms with Crippen molar-refractivity contribution in [3.05, 3.63) is 17.1 Å². The maximum Gasteiger partial charge on any atom is 0.248 e. The molecule has 4 heterocycles. The summed E-state index contributed by atoms with van der Waals surface area (Å²) in [5.74, 6) is -0.315. The number of anilines is 2. The molecule has 2 saturated heterocycles. The third kappa shape index (κ3) is 3.57. The van der Waals surface area contributed by atoms with Gasteiger partial charge in [0.1, 0.15) is 11.6 Å². The van der Waals surface area contributed by atoms with Crippen molar-refractivity contribution < 1.29 is 8.78 Å². The van der Waals surface area contributed by atoms with Gasteiger partial charge in [-0.25, -0.2) is 23.7 Å². The van der Waals surface area contributed by atoms with Crippen LogP contribution in [0.5, 0.6) is 0 Å². The first-order chi connectivity index (χ1) is 13.4. The number of hydrogen-bond acceptors (Lipinski definition) is 7. The monoisotopic (exact) mass is 406 g/mol. The van der Waals surface area contributed by atoms with E-state index in [-0.39, 0.29) is 18.9 Å². The van der Waals surface area contributed by atoms with E-state index in [1.54, 1.807) is 0 Å². The second kappa shape index (κ2) is 6.88. The lowest BCUT2D eigenvalue weighted by molar-refractivity contribution is -0.0361. The van der Waals surface area contributed by atoms with Crippen molar-refractivity contribution >= 4 is 23.0 Å².